The van der Waals surface area contributed by atoms with Crippen LogP contribution in [0.25, 0.3) is 0 Å². The molecule has 2 aliphatic heterocycles. The summed E-state index contributed by atoms with van der Waals surface area (Å²) >= 11 is 0. The Morgan fingerprint density at radius 1 is 1.47 bits per heavy atom. The zero-order valence-electron chi connectivity index (χ0n) is 10.0. The van der Waals surface area contributed by atoms with E-state index in [0.717, 1.165) is 25.9 Å². The van der Waals surface area contributed by atoms with Crippen molar-refractivity contribution in [3.05, 3.63) is 0 Å². The van der Waals surface area contributed by atoms with Crippen LogP contribution >= 0.6 is 0 Å². The quantitative estimate of drug-likeness (QED) is 0.741. The lowest BCUT2D eigenvalue weighted by atomic mass is 9.94. The van der Waals surface area contributed by atoms with Crippen LogP contribution < -0.4 is 5.32 Å². The van der Waals surface area contributed by atoms with E-state index in [4.69, 9.17) is 10.00 Å². The van der Waals surface area contributed by atoms with Crippen LogP contribution in [0, 0.1) is 17.2 Å². The van der Waals surface area contributed by atoms with E-state index in [9.17, 15) is 4.79 Å². The Bertz CT molecular complexity index is 307. The molecule has 2 saturated heterocycles. The number of hydrogen-bond acceptors (Lipinski definition) is 4. The molecule has 1 atom stereocenters. The highest BCUT2D eigenvalue weighted by Gasteiger charge is 2.26. The third kappa shape index (κ3) is 3.42. The van der Waals surface area contributed by atoms with Crippen LogP contribution in [0.2, 0.25) is 0 Å². The Labute approximate surface area is 102 Å². The third-order valence-corrected chi connectivity index (χ3v) is 3.49. The molecule has 0 aromatic carbocycles. The van der Waals surface area contributed by atoms with Crippen LogP contribution in [0.1, 0.15) is 19.3 Å². The summed E-state index contributed by atoms with van der Waals surface area (Å²) in [6, 6.07) is 2.07. The zero-order valence-corrected chi connectivity index (χ0v) is 10.0. The lowest BCUT2D eigenvalue weighted by Gasteiger charge is -2.31. The Hall–Kier alpha value is -1.12. The van der Waals surface area contributed by atoms with E-state index in [1.807, 2.05) is 0 Å². The second kappa shape index (κ2) is 5.99. The van der Waals surface area contributed by atoms with Gasteiger partial charge in [-0.3, -0.25) is 4.79 Å². The maximum Gasteiger partial charge on any atom is 0.223 e. The van der Waals surface area contributed by atoms with Gasteiger partial charge in [0, 0.05) is 13.0 Å². The lowest BCUT2D eigenvalue weighted by molar-refractivity contribution is -0.138. The maximum atomic E-state index is 12.1. The Balaban J connectivity index is 1.80. The van der Waals surface area contributed by atoms with Crippen molar-refractivity contribution in [3.8, 4) is 6.07 Å². The number of nitriles is 1. The number of carbonyl (C=O) groups excluding carboxylic acids is 1. The van der Waals surface area contributed by atoms with Gasteiger partial charge >= 0.3 is 0 Å². The van der Waals surface area contributed by atoms with Crippen LogP contribution in [-0.2, 0) is 9.53 Å². The van der Waals surface area contributed by atoms with Gasteiger partial charge in [-0.1, -0.05) is 0 Å². The van der Waals surface area contributed by atoms with Crippen molar-refractivity contribution in [1.29, 1.82) is 5.26 Å². The fourth-order valence-corrected chi connectivity index (χ4v) is 2.42. The number of rotatable bonds is 2. The topological polar surface area (TPSA) is 65.4 Å². The number of amides is 1. The van der Waals surface area contributed by atoms with E-state index in [-0.39, 0.29) is 5.91 Å². The Kier molecular flexibility index (Phi) is 4.35. The molecule has 0 aliphatic carbocycles. The fourth-order valence-electron chi connectivity index (χ4n) is 2.42. The number of piperidine rings is 1. The summed E-state index contributed by atoms with van der Waals surface area (Å²) in [7, 11) is 0. The second-order valence-electron chi connectivity index (χ2n) is 4.73. The number of ether oxygens (including phenoxy) is 1. The van der Waals surface area contributed by atoms with Gasteiger partial charge in [-0.2, -0.15) is 5.26 Å². The van der Waals surface area contributed by atoms with Crippen LogP contribution in [0.5, 0.6) is 0 Å². The Morgan fingerprint density at radius 3 is 2.94 bits per heavy atom. The fraction of sp³-hybridized carbons (Fsp3) is 0.833. The smallest absolute Gasteiger partial charge is 0.223 e. The third-order valence-electron chi connectivity index (χ3n) is 3.49. The molecule has 0 bridgehead atoms. The molecule has 17 heavy (non-hydrogen) atoms. The minimum Gasteiger partial charge on any atom is -0.360 e. The normalized spacial score (nSPS) is 26.5. The molecule has 1 N–H and O–H groups in total. The summed E-state index contributed by atoms with van der Waals surface area (Å²) in [5.41, 5.74) is 0. The van der Waals surface area contributed by atoms with E-state index < -0.39 is 6.10 Å². The molecule has 1 amide bonds. The predicted molar refractivity (Wildman–Crippen MR) is 62.1 cm³/mol. The van der Waals surface area contributed by atoms with E-state index in [1.54, 1.807) is 4.90 Å². The maximum absolute atomic E-state index is 12.1. The summed E-state index contributed by atoms with van der Waals surface area (Å²) < 4.78 is 5.23. The average Bonchev–Trinajstić information content (AvgIpc) is 2.40. The van der Waals surface area contributed by atoms with Crippen molar-refractivity contribution < 1.29 is 9.53 Å². The first-order valence-corrected chi connectivity index (χ1v) is 6.29. The van der Waals surface area contributed by atoms with E-state index in [2.05, 4.69) is 11.4 Å². The van der Waals surface area contributed by atoms with Gasteiger partial charge < -0.3 is 15.0 Å². The van der Waals surface area contributed by atoms with Gasteiger partial charge in [0.1, 0.15) is 0 Å². The number of hydrogen-bond donors (Lipinski definition) is 1. The highest BCUT2D eigenvalue weighted by Crippen LogP contribution is 2.18. The van der Waals surface area contributed by atoms with Gasteiger partial charge in [0.25, 0.3) is 0 Å². The highest BCUT2D eigenvalue weighted by atomic mass is 16.5. The zero-order chi connectivity index (χ0) is 12.1. The molecule has 5 heteroatoms. The molecule has 0 aromatic heterocycles. The summed E-state index contributed by atoms with van der Waals surface area (Å²) in [6.45, 7) is 3.57. The first-order valence-electron chi connectivity index (χ1n) is 6.29. The van der Waals surface area contributed by atoms with Crippen LogP contribution in [0.3, 0.4) is 0 Å². The summed E-state index contributed by atoms with van der Waals surface area (Å²) in [5, 5.41) is 12.1. The molecule has 5 nitrogen and oxygen atoms in total. The number of nitrogens with one attached hydrogen (secondary N) is 1. The molecule has 0 spiro atoms. The van der Waals surface area contributed by atoms with Crippen molar-refractivity contribution >= 4 is 5.91 Å². The molecule has 2 aliphatic rings. The molecule has 0 saturated carbocycles. The molecule has 1 unspecified atom stereocenters. The first-order chi connectivity index (χ1) is 8.29. The predicted octanol–water partition coefficient (Wildman–Crippen LogP) is 0.127. The van der Waals surface area contributed by atoms with Crippen molar-refractivity contribution in [2.45, 2.75) is 25.4 Å². The van der Waals surface area contributed by atoms with Crippen molar-refractivity contribution in [3.63, 3.8) is 0 Å². The number of nitrogens with zero attached hydrogens (tertiary/aromatic N) is 2. The van der Waals surface area contributed by atoms with Crippen molar-refractivity contribution in [1.82, 2.24) is 10.2 Å². The van der Waals surface area contributed by atoms with Gasteiger partial charge in [-0.05, 0) is 31.8 Å². The second-order valence-corrected chi connectivity index (χ2v) is 4.73. The van der Waals surface area contributed by atoms with Crippen molar-refractivity contribution in [2.75, 3.05) is 32.8 Å². The van der Waals surface area contributed by atoms with E-state index in [1.165, 1.54) is 0 Å². The van der Waals surface area contributed by atoms with Gasteiger partial charge in [-0.25, -0.2) is 0 Å². The molecule has 94 valence electrons. The molecule has 0 radical (unpaired) electrons. The molecular weight excluding hydrogens is 218 g/mol. The highest BCUT2D eigenvalue weighted by molar-refractivity contribution is 5.76. The standard InChI is InChI=1S/C12H19N3O2/c13-8-11-9-15(5-6-17-11)12(16)7-10-1-3-14-4-2-10/h10-11,14H,1-7,9H2. The number of morpholine rings is 1. The minimum atomic E-state index is -0.444. The molecule has 0 aromatic rings. The molecular formula is C12H19N3O2. The summed E-state index contributed by atoms with van der Waals surface area (Å²) in [5.74, 6) is 0.688. The van der Waals surface area contributed by atoms with Crippen molar-refractivity contribution in [2.24, 2.45) is 5.92 Å². The van der Waals surface area contributed by atoms with Crippen LogP contribution in [-0.4, -0.2) is 49.7 Å². The minimum absolute atomic E-state index is 0.181. The largest absolute Gasteiger partial charge is 0.360 e. The van der Waals surface area contributed by atoms with E-state index >= 15 is 0 Å². The molecule has 2 heterocycles. The van der Waals surface area contributed by atoms with Crippen LogP contribution in [0.15, 0.2) is 0 Å². The monoisotopic (exact) mass is 237 g/mol. The molecule has 2 rings (SSSR count). The number of carbonyl (C=O) groups is 1. The lowest BCUT2D eigenvalue weighted by Crippen LogP contribution is -2.46. The van der Waals surface area contributed by atoms with Gasteiger partial charge in [0.05, 0.1) is 19.2 Å². The average molecular weight is 237 g/mol. The molecule has 2 fully saturated rings. The van der Waals surface area contributed by atoms with Crippen LogP contribution in [0.4, 0.5) is 0 Å². The van der Waals surface area contributed by atoms with Gasteiger partial charge in [0.2, 0.25) is 5.91 Å². The SMILES string of the molecule is N#CC1CN(C(=O)CC2CCNCC2)CCO1. The van der Waals surface area contributed by atoms with E-state index in [0.29, 0.717) is 32.0 Å². The van der Waals surface area contributed by atoms with Gasteiger partial charge in [0.15, 0.2) is 6.10 Å². The first kappa shape index (κ1) is 12.3. The summed E-state index contributed by atoms with van der Waals surface area (Å²) in [4.78, 5) is 13.8. The summed E-state index contributed by atoms with van der Waals surface area (Å²) in [6.07, 6.45) is 2.34. The van der Waals surface area contributed by atoms with Gasteiger partial charge in [-0.15, -0.1) is 0 Å². The Morgan fingerprint density at radius 2 is 2.24 bits per heavy atom.